The summed E-state index contributed by atoms with van der Waals surface area (Å²) in [4.78, 5) is 23.5. The Morgan fingerprint density at radius 1 is 1.24 bits per heavy atom. The van der Waals surface area contributed by atoms with Gasteiger partial charge in [0.2, 0.25) is 0 Å². The zero-order chi connectivity index (χ0) is 18.0. The fraction of sp³-hybridized carbons (Fsp3) is 0.524. The molecule has 0 spiro atoms. The number of benzene rings is 1. The molecule has 1 saturated carbocycles. The third-order valence-corrected chi connectivity index (χ3v) is 6.03. The second-order valence-electron chi connectivity index (χ2n) is 7.74. The van der Waals surface area contributed by atoms with Gasteiger partial charge in [-0.15, -0.1) is 0 Å². The highest BCUT2D eigenvalue weighted by atomic mass is 16.5. The molecule has 4 heteroatoms. The van der Waals surface area contributed by atoms with Gasteiger partial charge in [0.15, 0.2) is 0 Å². The van der Waals surface area contributed by atoms with Crippen molar-refractivity contribution < 1.29 is 14.3 Å². The molecule has 0 aromatic heterocycles. The molecule has 1 fully saturated rings. The first kappa shape index (κ1) is 17.7. The van der Waals surface area contributed by atoms with Crippen molar-refractivity contribution in [2.75, 3.05) is 13.7 Å². The summed E-state index contributed by atoms with van der Waals surface area (Å²) in [6.45, 7) is 5.17. The summed E-state index contributed by atoms with van der Waals surface area (Å²) < 4.78 is 5.42. The molecule has 25 heavy (non-hydrogen) atoms. The van der Waals surface area contributed by atoms with E-state index in [2.05, 4.69) is 25.2 Å². The number of amides is 1. The van der Waals surface area contributed by atoms with Gasteiger partial charge in [-0.1, -0.05) is 37.6 Å². The molecule has 1 aromatic carbocycles. The predicted molar refractivity (Wildman–Crippen MR) is 97.2 cm³/mol. The van der Waals surface area contributed by atoms with Crippen molar-refractivity contribution in [2.24, 2.45) is 17.3 Å². The van der Waals surface area contributed by atoms with Crippen molar-refractivity contribution in [3.8, 4) is 0 Å². The van der Waals surface area contributed by atoms with E-state index < -0.39 is 0 Å². The van der Waals surface area contributed by atoms with Crippen LogP contribution in [0.2, 0.25) is 0 Å². The number of esters is 1. The number of hydrogen-bond acceptors (Lipinski definition) is 3. The molecule has 0 unspecified atom stereocenters. The Bertz CT molecular complexity index is 688. The average molecular weight is 341 g/mol. The lowest BCUT2D eigenvalue weighted by atomic mass is 9.48. The highest BCUT2D eigenvalue weighted by Crippen LogP contribution is 2.59. The van der Waals surface area contributed by atoms with Crippen LogP contribution in [0.5, 0.6) is 0 Å². The Morgan fingerprint density at radius 2 is 1.96 bits per heavy atom. The highest BCUT2D eigenvalue weighted by Gasteiger charge is 2.50. The molecule has 134 valence electrons. The van der Waals surface area contributed by atoms with Crippen LogP contribution < -0.4 is 5.32 Å². The van der Waals surface area contributed by atoms with Gasteiger partial charge in [-0.2, -0.15) is 0 Å². The number of ether oxygens (including phenoxy) is 1. The van der Waals surface area contributed by atoms with E-state index in [-0.39, 0.29) is 18.3 Å². The lowest BCUT2D eigenvalue weighted by Crippen LogP contribution is -2.48. The molecule has 0 heterocycles. The maximum absolute atomic E-state index is 12.0. The van der Waals surface area contributed by atoms with Gasteiger partial charge in [-0.05, 0) is 47.8 Å². The largest absolute Gasteiger partial charge is 0.465 e. The maximum atomic E-state index is 12.0. The molecule has 1 amide bonds. The lowest BCUT2D eigenvalue weighted by molar-refractivity contribution is -0.142. The van der Waals surface area contributed by atoms with Crippen molar-refractivity contribution in [2.45, 2.75) is 39.5 Å². The Hall–Kier alpha value is -2.10. The van der Waals surface area contributed by atoms with E-state index >= 15 is 0 Å². The van der Waals surface area contributed by atoms with Gasteiger partial charge in [0, 0.05) is 19.0 Å². The Labute approximate surface area is 149 Å². The molecule has 4 nitrogen and oxygen atoms in total. The minimum absolute atomic E-state index is 0.129. The summed E-state index contributed by atoms with van der Waals surface area (Å²) in [6.07, 6.45) is 5.91. The van der Waals surface area contributed by atoms with E-state index in [0.717, 1.165) is 17.9 Å². The van der Waals surface area contributed by atoms with Crippen LogP contribution >= 0.6 is 0 Å². The van der Waals surface area contributed by atoms with Crippen LogP contribution in [0.1, 0.15) is 49.0 Å². The van der Waals surface area contributed by atoms with E-state index in [9.17, 15) is 9.59 Å². The standard InChI is InChI=1S/C21H27NO3/c1-21(2)17-9-8-15(18(21)13-17)10-11-25-19(23)12-14-4-6-16(7-5-14)20(24)22-3/h4-8,17-18H,9-13H2,1-3H3,(H,22,24)/t17-,18-/m0/s1. The van der Waals surface area contributed by atoms with Gasteiger partial charge in [0.05, 0.1) is 13.0 Å². The quantitative estimate of drug-likeness (QED) is 0.636. The van der Waals surface area contributed by atoms with E-state index in [1.807, 2.05) is 0 Å². The lowest BCUT2D eigenvalue weighted by Gasteiger charge is -2.56. The number of carbonyl (C=O) groups excluding carboxylic acids is 2. The number of hydrogen-bond donors (Lipinski definition) is 1. The number of nitrogens with one attached hydrogen (secondary N) is 1. The molecule has 1 N–H and O–H groups in total. The second-order valence-corrected chi connectivity index (χ2v) is 7.74. The van der Waals surface area contributed by atoms with Crippen molar-refractivity contribution in [3.63, 3.8) is 0 Å². The molecule has 2 atom stereocenters. The summed E-state index contributed by atoms with van der Waals surface area (Å²) >= 11 is 0. The summed E-state index contributed by atoms with van der Waals surface area (Å²) in [5.41, 5.74) is 3.33. The van der Waals surface area contributed by atoms with Gasteiger partial charge in [0.25, 0.3) is 5.91 Å². The van der Waals surface area contributed by atoms with Crippen LogP contribution in [0.4, 0.5) is 0 Å². The zero-order valence-corrected chi connectivity index (χ0v) is 15.3. The monoisotopic (exact) mass is 341 g/mol. The maximum Gasteiger partial charge on any atom is 0.310 e. The van der Waals surface area contributed by atoms with Gasteiger partial charge < -0.3 is 10.1 Å². The average Bonchev–Trinajstić information content (AvgIpc) is 2.61. The first-order chi connectivity index (χ1) is 11.9. The molecule has 0 aliphatic heterocycles. The van der Waals surface area contributed by atoms with Crippen LogP contribution in [0.25, 0.3) is 0 Å². The van der Waals surface area contributed by atoms with Crippen LogP contribution in [0.15, 0.2) is 35.9 Å². The van der Waals surface area contributed by atoms with E-state index in [1.54, 1.807) is 31.3 Å². The van der Waals surface area contributed by atoms with Crippen molar-refractivity contribution >= 4 is 11.9 Å². The van der Waals surface area contributed by atoms with Gasteiger partial charge in [-0.25, -0.2) is 0 Å². The topological polar surface area (TPSA) is 55.4 Å². The predicted octanol–water partition coefficient (Wildman–Crippen LogP) is 3.51. The Kier molecular flexibility index (Phi) is 4.98. The van der Waals surface area contributed by atoms with E-state index in [4.69, 9.17) is 4.74 Å². The fourth-order valence-corrected chi connectivity index (χ4v) is 4.18. The first-order valence-electron chi connectivity index (χ1n) is 9.07. The number of allylic oxidation sites excluding steroid dienone is 1. The van der Waals surface area contributed by atoms with Crippen molar-refractivity contribution in [1.82, 2.24) is 5.32 Å². The number of carbonyl (C=O) groups is 2. The molecule has 4 rings (SSSR count). The van der Waals surface area contributed by atoms with E-state index in [0.29, 0.717) is 23.5 Å². The van der Waals surface area contributed by atoms with Crippen LogP contribution in [-0.2, 0) is 16.0 Å². The first-order valence-corrected chi connectivity index (χ1v) is 9.07. The Morgan fingerprint density at radius 3 is 2.56 bits per heavy atom. The van der Waals surface area contributed by atoms with Crippen LogP contribution in [0, 0.1) is 17.3 Å². The normalized spacial score (nSPS) is 23.2. The molecule has 3 aliphatic carbocycles. The minimum Gasteiger partial charge on any atom is -0.465 e. The van der Waals surface area contributed by atoms with Gasteiger partial charge >= 0.3 is 5.97 Å². The molecule has 0 radical (unpaired) electrons. The molecule has 3 aliphatic rings. The van der Waals surface area contributed by atoms with Gasteiger partial charge in [-0.3, -0.25) is 9.59 Å². The molecular formula is C21H27NO3. The van der Waals surface area contributed by atoms with Crippen molar-refractivity contribution in [1.29, 1.82) is 0 Å². The van der Waals surface area contributed by atoms with Crippen LogP contribution in [-0.4, -0.2) is 25.5 Å². The van der Waals surface area contributed by atoms with Gasteiger partial charge in [0.1, 0.15) is 0 Å². The summed E-state index contributed by atoms with van der Waals surface area (Å²) in [5.74, 6) is 1.16. The Balaban J connectivity index is 1.44. The summed E-state index contributed by atoms with van der Waals surface area (Å²) in [7, 11) is 1.60. The molecule has 0 saturated heterocycles. The second kappa shape index (κ2) is 7.03. The minimum atomic E-state index is -0.213. The number of rotatable bonds is 6. The molecular weight excluding hydrogens is 314 g/mol. The SMILES string of the molecule is CNC(=O)c1ccc(CC(=O)OCCC2=CC[C@H]3C[C@@H]2C3(C)C)cc1. The number of fused-ring (bicyclic) bond motifs is 1. The zero-order valence-electron chi connectivity index (χ0n) is 15.3. The summed E-state index contributed by atoms with van der Waals surface area (Å²) in [5, 5.41) is 2.58. The molecule has 1 aromatic rings. The highest BCUT2D eigenvalue weighted by molar-refractivity contribution is 5.94. The fourth-order valence-electron chi connectivity index (χ4n) is 4.18. The summed E-state index contributed by atoms with van der Waals surface area (Å²) in [6, 6.07) is 7.05. The third kappa shape index (κ3) is 3.63. The third-order valence-electron chi connectivity index (χ3n) is 6.03. The van der Waals surface area contributed by atoms with Crippen LogP contribution in [0.3, 0.4) is 0 Å². The van der Waals surface area contributed by atoms with Crippen molar-refractivity contribution in [3.05, 3.63) is 47.0 Å². The molecule has 2 bridgehead atoms. The van der Waals surface area contributed by atoms with E-state index in [1.165, 1.54) is 18.4 Å². The smallest absolute Gasteiger partial charge is 0.310 e.